The van der Waals surface area contributed by atoms with Gasteiger partial charge in [0.2, 0.25) is 0 Å². The molecule has 298 valence electrons. The number of benzene rings is 8. The van der Waals surface area contributed by atoms with Gasteiger partial charge in [-0.3, -0.25) is 4.79 Å². The molecule has 0 atom stereocenters. The Morgan fingerprint density at radius 3 is 1.70 bits per heavy atom. The van der Waals surface area contributed by atoms with Gasteiger partial charge in [-0.2, -0.15) is 0 Å². The number of para-hydroxylation sites is 2. The van der Waals surface area contributed by atoms with E-state index in [1.165, 1.54) is 0 Å². The molecule has 9 aromatic rings. The molecule has 0 saturated heterocycles. The topological polar surface area (TPSA) is 68.7 Å². The van der Waals surface area contributed by atoms with E-state index in [9.17, 15) is 9.90 Å². The number of aromatic nitrogens is 1. The first-order valence-electron chi connectivity index (χ1n) is 21.3. The highest BCUT2D eigenvalue weighted by atomic mass is 16.5. The molecule has 8 aromatic carbocycles. The average Bonchev–Trinajstić information content (AvgIpc) is 3.22. The Hall–Kier alpha value is -6.46. The van der Waals surface area contributed by atoms with Crippen molar-refractivity contribution in [2.45, 2.75) is 86.0 Å². The van der Waals surface area contributed by atoms with Gasteiger partial charge in [0.05, 0.1) is 16.8 Å². The molecule has 1 aromatic heterocycles. The number of hydrogen-bond donors (Lipinski definition) is 1. The number of nitrogens with zero attached hydrogens (tertiary/aromatic N) is 1. The van der Waals surface area contributed by atoms with Gasteiger partial charge in [-0.1, -0.05) is 134 Å². The molecule has 0 aliphatic heterocycles. The summed E-state index contributed by atoms with van der Waals surface area (Å²) in [5.41, 5.74) is 8.12. The van der Waals surface area contributed by atoms with Gasteiger partial charge >= 0.3 is 0 Å². The normalized spacial score (nSPS) is 12.8. The van der Waals surface area contributed by atoms with Crippen molar-refractivity contribution in [2.75, 3.05) is 0 Å². The minimum Gasteiger partial charge on any atom is -0.506 e. The largest absolute Gasteiger partial charge is 0.506 e. The smallest absolute Gasteiger partial charge is 0.199 e. The Morgan fingerprint density at radius 2 is 1.08 bits per heavy atom. The Bertz CT molecular complexity index is 3210. The highest BCUT2D eigenvalue weighted by Gasteiger charge is 2.34. The van der Waals surface area contributed by atoms with Crippen LogP contribution in [0.5, 0.6) is 28.7 Å². The molecule has 60 heavy (non-hydrogen) atoms. The third-order valence-electron chi connectivity index (χ3n) is 12.7. The molecule has 1 aliphatic rings. The lowest BCUT2D eigenvalue weighted by Crippen LogP contribution is -2.13. The Kier molecular flexibility index (Phi) is 8.70. The van der Waals surface area contributed by atoms with Crippen LogP contribution in [0.15, 0.2) is 103 Å². The van der Waals surface area contributed by atoms with E-state index in [2.05, 4.69) is 134 Å². The minimum atomic E-state index is -0.245. The molecule has 0 spiro atoms. The number of aryl methyl sites for hydroxylation is 1. The molecule has 5 heteroatoms. The summed E-state index contributed by atoms with van der Waals surface area (Å²) in [4.78, 5) is 20.1. The summed E-state index contributed by atoms with van der Waals surface area (Å²) in [7, 11) is 0. The van der Waals surface area contributed by atoms with Crippen molar-refractivity contribution >= 4 is 59.8 Å². The van der Waals surface area contributed by atoms with E-state index in [4.69, 9.17) is 14.5 Å². The minimum absolute atomic E-state index is 0.0481. The molecule has 10 rings (SSSR count). The van der Waals surface area contributed by atoms with Crippen molar-refractivity contribution in [3.8, 4) is 40.0 Å². The number of ketones is 1. The molecule has 5 nitrogen and oxygen atoms in total. The van der Waals surface area contributed by atoms with Crippen LogP contribution in [0.4, 0.5) is 0 Å². The summed E-state index contributed by atoms with van der Waals surface area (Å²) in [5.74, 6) is 3.78. The maximum absolute atomic E-state index is 14.9. The van der Waals surface area contributed by atoms with Gasteiger partial charge in [-0.15, -0.1) is 0 Å². The first kappa shape index (κ1) is 37.8. The van der Waals surface area contributed by atoms with Crippen LogP contribution in [-0.4, -0.2) is 15.9 Å². The Balaban J connectivity index is 1.38. The zero-order chi connectivity index (χ0) is 41.9. The SMILES string of the molecule is Cc1ccc2nc3c(c(O)c2c1)C(=O)c1ccc2c4c(Oc5c(C(C)C)cccc5C(C)C)ccc5cccc(c6c(Oc7c(C(C)C)cccc7C(C)C)cc-3c1c26)c54. The first-order chi connectivity index (χ1) is 28.8. The lowest BCUT2D eigenvalue weighted by Gasteiger charge is -2.27. The summed E-state index contributed by atoms with van der Waals surface area (Å²) >= 11 is 0. The monoisotopic (exact) mass is 787 g/mol. The van der Waals surface area contributed by atoms with E-state index in [1.54, 1.807) is 0 Å². The van der Waals surface area contributed by atoms with Crippen LogP contribution >= 0.6 is 0 Å². The maximum Gasteiger partial charge on any atom is 0.199 e. The summed E-state index contributed by atoms with van der Waals surface area (Å²) in [5, 5.41) is 20.3. The van der Waals surface area contributed by atoms with Crippen molar-refractivity contribution in [3.63, 3.8) is 0 Å². The highest BCUT2D eigenvalue weighted by Crippen LogP contribution is 2.55. The third-order valence-corrected chi connectivity index (χ3v) is 12.7. The fourth-order valence-corrected chi connectivity index (χ4v) is 9.72. The molecule has 0 unspecified atom stereocenters. The van der Waals surface area contributed by atoms with E-state index in [0.29, 0.717) is 27.9 Å². The predicted molar refractivity (Wildman–Crippen MR) is 248 cm³/mol. The molecule has 0 bridgehead atoms. The van der Waals surface area contributed by atoms with Crippen molar-refractivity contribution in [3.05, 3.63) is 142 Å². The standard InChI is InChI=1S/C55H49NO4/c1-27(2)33-14-11-15-34(28(3)4)54(33)59-43-24-20-32-13-10-18-37-45(32)47(43)38-21-22-39-46-41(51-50(52(39)57)53(58)40-25-31(9)19-23-42(40)56-51)26-44(48(37)49(38)46)60-55-35(29(5)6)16-12-17-36(55)30(7)8/h10-30H,1-9H3,(H,56,58). The molecular weight excluding hydrogens is 739 g/mol. The zero-order valence-electron chi connectivity index (χ0n) is 35.7. The van der Waals surface area contributed by atoms with Crippen LogP contribution in [0.3, 0.4) is 0 Å². The van der Waals surface area contributed by atoms with Crippen LogP contribution in [0, 0.1) is 6.92 Å². The molecule has 1 heterocycles. The summed E-state index contributed by atoms with van der Waals surface area (Å²) in [6.07, 6.45) is 0. The highest BCUT2D eigenvalue weighted by molar-refractivity contribution is 6.40. The number of carbonyl (C=O) groups is 1. The zero-order valence-corrected chi connectivity index (χ0v) is 35.7. The van der Waals surface area contributed by atoms with Crippen molar-refractivity contribution < 1.29 is 19.4 Å². The first-order valence-corrected chi connectivity index (χ1v) is 21.3. The number of carbonyl (C=O) groups excluding carboxylic acids is 1. The molecule has 0 fully saturated rings. The van der Waals surface area contributed by atoms with Crippen molar-refractivity contribution in [2.24, 2.45) is 0 Å². The van der Waals surface area contributed by atoms with E-state index in [1.807, 2.05) is 31.2 Å². The third kappa shape index (κ3) is 5.51. The predicted octanol–water partition coefficient (Wildman–Crippen LogP) is 15.6. The molecule has 0 radical (unpaired) electrons. The number of pyridine rings is 1. The summed E-state index contributed by atoms with van der Waals surface area (Å²) < 4.78 is 14.7. The van der Waals surface area contributed by atoms with Crippen LogP contribution in [0.1, 0.15) is 123 Å². The van der Waals surface area contributed by atoms with Gasteiger partial charge < -0.3 is 14.6 Å². The summed E-state index contributed by atoms with van der Waals surface area (Å²) in [6.45, 7) is 19.6. The van der Waals surface area contributed by atoms with Crippen molar-refractivity contribution in [1.82, 2.24) is 4.98 Å². The van der Waals surface area contributed by atoms with Gasteiger partial charge in [0.15, 0.2) is 5.78 Å². The van der Waals surface area contributed by atoms with Gasteiger partial charge in [0.1, 0.15) is 28.7 Å². The van der Waals surface area contributed by atoms with Crippen molar-refractivity contribution in [1.29, 1.82) is 0 Å². The summed E-state index contributed by atoms with van der Waals surface area (Å²) in [6, 6.07) is 35.5. The second-order valence-electron chi connectivity index (χ2n) is 17.9. The average molecular weight is 788 g/mol. The number of rotatable bonds is 8. The van der Waals surface area contributed by atoms with Gasteiger partial charge in [-0.05, 0) is 99.3 Å². The second kappa shape index (κ2) is 13.8. The maximum atomic E-state index is 14.9. The van der Waals surface area contributed by atoms with E-state index >= 15 is 0 Å². The number of ether oxygens (including phenoxy) is 2. The number of hydrogen-bond acceptors (Lipinski definition) is 5. The van der Waals surface area contributed by atoms with E-state index in [-0.39, 0.29) is 40.8 Å². The molecular formula is C55H49NO4. The fourth-order valence-electron chi connectivity index (χ4n) is 9.72. The van der Waals surface area contributed by atoms with Gasteiger partial charge in [0, 0.05) is 43.4 Å². The molecule has 0 saturated carbocycles. The van der Waals surface area contributed by atoms with E-state index in [0.717, 1.165) is 93.7 Å². The molecule has 0 amide bonds. The van der Waals surface area contributed by atoms with E-state index < -0.39 is 0 Å². The van der Waals surface area contributed by atoms with Crippen LogP contribution in [0.25, 0.3) is 65.3 Å². The van der Waals surface area contributed by atoms with Gasteiger partial charge in [0.25, 0.3) is 0 Å². The lowest BCUT2D eigenvalue weighted by molar-refractivity contribution is 0.103. The second-order valence-corrected chi connectivity index (χ2v) is 17.9. The van der Waals surface area contributed by atoms with Crippen LogP contribution < -0.4 is 9.47 Å². The quantitative estimate of drug-likeness (QED) is 0.123. The fraction of sp³-hybridized carbons (Fsp3) is 0.236. The number of aromatic hydroxyl groups is 1. The number of fused-ring (bicyclic) bond motifs is 5. The molecule has 1 aliphatic carbocycles. The molecule has 1 N–H and O–H groups in total. The Labute approximate surface area is 350 Å². The van der Waals surface area contributed by atoms with Crippen LogP contribution in [0.2, 0.25) is 0 Å². The lowest BCUT2D eigenvalue weighted by atomic mass is 9.79. The van der Waals surface area contributed by atoms with Gasteiger partial charge in [-0.25, -0.2) is 4.98 Å². The Morgan fingerprint density at radius 1 is 0.517 bits per heavy atom. The van der Waals surface area contributed by atoms with Crippen LogP contribution in [-0.2, 0) is 0 Å².